The van der Waals surface area contributed by atoms with Crippen molar-refractivity contribution in [1.29, 1.82) is 0 Å². The molecule has 5 rings (SSSR count). The Kier molecular flexibility index (Phi) is 7.08. The Morgan fingerprint density at radius 2 is 1.75 bits per heavy atom. The van der Waals surface area contributed by atoms with Crippen LogP contribution in [0.15, 0.2) is 72.8 Å². The number of rotatable bonds is 9. The summed E-state index contributed by atoms with van der Waals surface area (Å²) >= 11 is 0. The van der Waals surface area contributed by atoms with Crippen molar-refractivity contribution in [2.24, 2.45) is 0 Å². The van der Waals surface area contributed by atoms with Crippen LogP contribution >= 0.6 is 0 Å². The number of para-hydroxylation sites is 2. The standard InChI is InChI=1S/C31H35N3O2/c1-4-23-10-14-26(15-11-23)34-21-25(20-30(34)35)31-32-28-8-5-6-9-29(28)33(31)18-7-19-36-27-16-12-24(13-17-27)22(2)3/h5-6,8-17,22,25H,4,7,18-21H2,1-3H3. The normalized spacial score (nSPS) is 15.8. The molecule has 4 aromatic rings. The maximum Gasteiger partial charge on any atom is 0.227 e. The van der Waals surface area contributed by atoms with E-state index in [2.05, 4.69) is 92.1 Å². The van der Waals surface area contributed by atoms with Crippen molar-refractivity contribution in [3.05, 3.63) is 89.7 Å². The molecule has 1 amide bonds. The maximum atomic E-state index is 13.0. The minimum absolute atomic E-state index is 0.0697. The first-order valence-electron chi connectivity index (χ1n) is 13.1. The zero-order valence-electron chi connectivity index (χ0n) is 21.5. The molecule has 0 radical (unpaired) electrons. The van der Waals surface area contributed by atoms with Crippen molar-refractivity contribution < 1.29 is 9.53 Å². The molecule has 2 heterocycles. The second kappa shape index (κ2) is 10.6. The van der Waals surface area contributed by atoms with Crippen LogP contribution in [0.4, 0.5) is 5.69 Å². The van der Waals surface area contributed by atoms with Crippen LogP contribution in [0.25, 0.3) is 11.0 Å². The lowest BCUT2D eigenvalue weighted by molar-refractivity contribution is -0.117. The Hall–Kier alpha value is -3.60. The lowest BCUT2D eigenvalue weighted by atomic mass is 10.0. The van der Waals surface area contributed by atoms with E-state index in [1.165, 1.54) is 11.1 Å². The summed E-state index contributed by atoms with van der Waals surface area (Å²) in [5, 5.41) is 0. The van der Waals surface area contributed by atoms with E-state index in [0.717, 1.165) is 47.7 Å². The number of amides is 1. The highest BCUT2D eigenvalue weighted by molar-refractivity contribution is 5.96. The van der Waals surface area contributed by atoms with Gasteiger partial charge < -0.3 is 14.2 Å². The van der Waals surface area contributed by atoms with Crippen LogP contribution in [-0.2, 0) is 17.8 Å². The number of aryl methyl sites for hydroxylation is 2. The minimum atomic E-state index is 0.0697. The van der Waals surface area contributed by atoms with Gasteiger partial charge in [-0.25, -0.2) is 4.98 Å². The molecule has 186 valence electrons. The molecule has 3 aromatic carbocycles. The maximum absolute atomic E-state index is 13.0. The zero-order chi connectivity index (χ0) is 25.1. The summed E-state index contributed by atoms with van der Waals surface area (Å²) in [6, 6.07) is 25.0. The molecule has 1 fully saturated rings. The molecule has 1 atom stereocenters. The SMILES string of the molecule is CCc1ccc(N2CC(c3nc4ccccc4n3CCCOc3ccc(C(C)C)cc3)CC2=O)cc1. The number of fused-ring (bicyclic) bond motifs is 1. The number of ether oxygens (including phenoxy) is 1. The molecule has 0 bridgehead atoms. The third-order valence-electron chi connectivity index (χ3n) is 7.17. The molecular formula is C31H35N3O2. The molecule has 1 unspecified atom stereocenters. The number of nitrogens with zero attached hydrogens (tertiary/aromatic N) is 3. The van der Waals surface area contributed by atoms with Crippen molar-refractivity contribution in [3.8, 4) is 5.75 Å². The molecule has 0 aliphatic carbocycles. The van der Waals surface area contributed by atoms with Gasteiger partial charge in [0.15, 0.2) is 0 Å². The summed E-state index contributed by atoms with van der Waals surface area (Å²) in [6.07, 6.45) is 2.34. The zero-order valence-corrected chi connectivity index (χ0v) is 21.5. The Morgan fingerprint density at radius 3 is 2.47 bits per heavy atom. The third kappa shape index (κ3) is 5.01. The van der Waals surface area contributed by atoms with Gasteiger partial charge in [-0.1, -0.05) is 57.2 Å². The van der Waals surface area contributed by atoms with Gasteiger partial charge in [0.2, 0.25) is 5.91 Å². The highest BCUT2D eigenvalue weighted by Crippen LogP contribution is 2.33. The van der Waals surface area contributed by atoms with Crippen molar-refractivity contribution in [3.63, 3.8) is 0 Å². The predicted molar refractivity (Wildman–Crippen MR) is 146 cm³/mol. The van der Waals surface area contributed by atoms with Crippen LogP contribution in [-0.4, -0.2) is 28.6 Å². The molecule has 0 N–H and O–H groups in total. The van der Waals surface area contributed by atoms with Crippen molar-refractivity contribution in [2.45, 2.75) is 58.4 Å². The topological polar surface area (TPSA) is 47.4 Å². The third-order valence-corrected chi connectivity index (χ3v) is 7.17. The highest BCUT2D eigenvalue weighted by Gasteiger charge is 2.34. The van der Waals surface area contributed by atoms with E-state index in [1.807, 2.05) is 11.0 Å². The van der Waals surface area contributed by atoms with Gasteiger partial charge >= 0.3 is 0 Å². The first kappa shape index (κ1) is 24.1. The van der Waals surface area contributed by atoms with E-state index < -0.39 is 0 Å². The van der Waals surface area contributed by atoms with Gasteiger partial charge in [0, 0.05) is 31.1 Å². The molecule has 1 saturated heterocycles. The Morgan fingerprint density at radius 1 is 1.00 bits per heavy atom. The number of carbonyl (C=O) groups is 1. The number of carbonyl (C=O) groups excluding carboxylic acids is 1. The largest absolute Gasteiger partial charge is 0.494 e. The van der Waals surface area contributed by atoms with Crippen LogP contribution < -0.4 is 9.64 Å². The monoisotopic (exact) mass is 481 g/mol. The average molecular weight is 482 g/mol. The molecule has 1 aliphatic rings. The number of hydrogen-bond donors (Lipinski definition) is 0. The second-order valence-corrected chi connectivity index (χ2v) is 9.96. The van der Waals surface area contributed by atoms with E-state index in [9.17, 15) is 4.79 Å². The summed E-state index contributed by atoms with van der Waals surface area (Å²) in [6.45, 7) is 8.63. The number of benzene rings is 3. The van der Waals surface area contributed by atoms with Crippen molar-refractivity contribution >= 4 is 22.6 Å². The van der Waals surface area contributed by atoms with E-state index in [0.29, 0.717) is 25.5 Å². The van der Waals surface area contributed by atoms with Gasteiger partial charge in [0.25, 0.3) is 0 Å². The predicted octanol–water partition coefficient (Wildman–Crippen LogP) is 6.71. The average Bonchev–Trinajstić information content (AvgIpc) is 3.47. The van der Waals surface area contributed by atoms with Crippen molar-refractivity contribution in [2.75, 3.05) is 18.1 Å². The second-order valence-electron chi connectivity index (χ2n) is 9.96. The number of hydrogen-bond acceptors (Lipinski definition) is 3. The fraction of sp³-hybridized carbons (Fsp3) is 0.355. The molecule has 5 nitrogen and oxygen atoms in total. The Labute approximate surface area is 213 Å². The summed E-state index contributed by atoms with van der Waals surface area (Å²) in [7, 11) is 0. The van der Waals surface area contributed by atoms with Crippen LogP contribution in [0, 0.1) is 0 Å². The Balaban J connectivity index is 1.30. The van der Waals surface area contributed by atoms with Gasteiger partial charge in [-0.05, 0) is 66.3 Å². The van der Waals surface area contributed by atoms with Crippen LogP contribution in [0.3, 0.4) is 0 Å². The van der Waals surface area contributed by atoms with Gasteiger partial charge in [0.05, 0.1) is 17.6 Å². The summed E-state index contributed by atoms with van der Waals surface area (Å²) in [5.41, 5.74) is 5.67. The molecule has 1 aromatic heterocycles. The first-order chi connectivity index (χ1) is 17.5. The fourth-order valence-electron chi connectivity index (χ4n) is 5.04. The molecule has 0 saturated carbocycles. The van der Waals surface area contributed by atoms with E-state index in [-0.39, 0.29) is 11.8 Å². The van der Waals surface area contributed by atoms with E-state index in [4.69, 9.17) is 9.72 Å². The lowest BCUT2D eigenvalue weighted by Gasteiger charge is -2.18. The van der Waals surface area contributed by atoms with Crippen LogP contribution in [0.2, 0.25) is 0 Å². The van der Waals surface area contributed by atoms with Gasteiger partial charge in [0.1, 0.15) is 11.6 Å². The molecule has 0 spiro atoms. The fourth-order valence-corrected chi connectivity index (χ4v) is 5.04. The molecule has 1 aliphatic heterocycles. The van der Waals surface area contributed by atoms with Crippen molar-refractivity contribution in [1.82, 2.24) is 9.55 Å². The molecular weight excluding hydrogens is 446 g/mol. The van der Waals surface area contributed by atoms with Gasteiger partial charge in [-0.3, -0.25) is 4.79 Å². The summed E-state index contributed by atoms with van der Waals surface area (Å²) in [5.74, 6) is 2.65. The van der Waals surface area contributed by atoms with E-state index in [1.54, 1.807) is 0 Å². The number of aromatic nitrogens is 2. The van der Waals surface area contributed by atoms with Crippen LogP contribution in [0.1, 0.15) is 62.4 Å². The first-order valence-corrected chi connectivity index (χ1v) is 13.1. The molecule has 5 heteroatoms. The smallest absolute Gasteiger partial charge is 0.227 e. The highest BCUT2D eigenvalue weighted by atomic mass is 16.5. The van der Waals surface area contributed by atoms with Crippen LogP contribution in [0.5, 0.6) is 5.75 Å². The van der Waals surface area contributed by atoms with Gasteiger partial charge in [-0.15, -0.1) is 0 Å². The summed E-state index contributed by atoms with van der Waals surface area (Å²) < 4.78 is 8.32. The Bertz CT molecular complexity index is 1320. The number of anilines is 1. The quantitative estimate of drug-likeness (QED) is 0.250. The van der Waals surface area contributed by atoms with E-state index >= 15 is 0 Å². The van der Waals surface area contributed by atoms with Gasteiger partial charge in [-0.2, -0.15) is 0 Å². The lowest BCUT2D eigenvalue weighted by Crippen LogP contribution is -2.24. The minimum Gasteiger partial charge on any atom is -0.494 e. The molecule has 36 heavy (non-hydrogen) atoms. The summed E-state index contributed by atoms with van der Waals surface area (Å²) in [4.78, 5) is 19.9. The number of imidazole rings is 1.